The number of hydrogen-bond donors (Lipinski definition) is 0. The summed E-state index contributed by atoms with van der Waals surface area (Å²) < 4.78 is 13.2. The van der Waals surface area contributed by atoms with E-state index in [2.05, 4.69) is 157 Å². The first-order valence-corrected chi connectivity index (χ1v) is 16.5. The Balaban J connectivity index is 1.23. The molecule has 0 radical (unpaired) electrons. The molecule has 0 saturated heterocycles. The third kappa shape index (κ3) is 5.38. The highest BCUT2D eigenvalue weighted by Crippen LogP contribution is 2.49. The Kier molecular flexibility index (Phi) is 7.14. The molecular formula is C46H31NO2. The topological polar surface area (TPSA) is 21.7 Å². The van der Waals surface area contributed by atoms with Gasteiger partial charge >= 0.3 is 0 Å². The summed E-state index contributed by atoms with van der Waals surface area (Å²) in [6.07, 6.45) is 0. The lowest BCUT2D eigenvalue weighted by atomic mass is 9.96. The molecule has 1 aliphatic heterocycles. The van der Waals surface area contributed by atoms with Gasteiger partial charge in [0.25, 0.3) is 0 Å². The molecule has 0 saturated carbocycles. The van der Waals surface area contributed by atoms with Crippen LogP contribution in [0.1, 0.15) is 0 Å². The lowest BCUT2D eigenvalue weighted by Gasteiger charge is -2.29. The molecule has 0 aromatic heterocycles. The molecule has 3 nitrogen and oxygen atoms in total. The van der Waals surface area contributed by atoms with E-state index >= 15 is 0 Å². The minimum absolute atomic E-state index is 0.661. The van der Waals surface area contributed by atoms with Crippen molar-refractivity contribution in [3.8, 4) is 56.4 Å². The molecule has 0 unspecified atom stereocenters. The van der Waals surface area contributed by atoms with Crippen LogP contribution in [0.3, 0.4) is 0 Å². The Morgan fingerprint density at radius 3 is 1.51 bits per heavy atom. The Bertz CT molecular complexity index is 2420. The van der Waals surface area contributed by atoms with Crippen molar-refractivity contribution >= 4 is 27.8 Å². The number of ether oxygens (including phenoxy) is 2. The molecule has 0 amide bonds. The van der Waals surface area contributed by atoms with E-state index in [1.54, 1.807) is 0 Å². The van der Waals surface area contributed by atoms with Crippen LogP contribution >= 0.6 is 0 Å². The van der Waals surface area contributed by atoms with Crippen molar-refractivity contribution in [3.63, 3.8) is 0 Å². The number of rotatable bonds is 6. The van der Waals surface area contributed by atoms with Gasteiger partial charge < -0.3 is 14.4 Å². The summed E-state index contributed by atoms with van der Waals surface area (Å²) in [6, 6.07) is 65.6. The number of fused-ring (bicyclic) bond motifs is 1. The largest absolute Gasteiger partial charge is 0.453 e. The summed E-state index contributed by atoms with van der Waals surface area (Å²) in [4.78, 5) is 2.31. The minimum Gasteiger partial charge on any atom is -0.453 e. The van der Waals surface area contributed by atoms with Gasteiger partial charge in [-0.1, -0.05) is 133 Å². The van der Waals surface area contributed by atoms with Crippen molar-refractivity contribution < 1.29 is 9.47 Å². The molecule has 0 N–H and O–H groups in total. The highest BCUT2D eigenvalue weighted by Gasteiger charge is 2.23. The second-order valence-corrected chi connectivity index (χ2v) is 12.2. The van der Waals surface area contributed by atoms with Crippen molar-refractivity contribution in [2.75, 3.05) is 4.90 Å². The molecule has 0 atom stereocenters. The Morgan fingerprint density at radius 2 is 0.857 bits per heavy atom. The number of anilines is 3. The van der Waals surface area contributed by atoms with E-state index in [1.165, 1.54) is 11.1 Å². The highest BCUT2D eigenvalue weighted by atomic mass is 16.5. The molecule has 9 rings (SSSR count). The van der Waals surface area contributed by atoms with Gasteiger partial charge in [0.05, 0.1) is 16.8 Å². The fourth-order valence-corrected chi connectivity index (χ4v) is 6.73. The SMILES string of the molecule is c1ccc(-c2ccc(N(c3ccc4c(c3)Oc3cccc5cccc(c35)O4)c3ccc(-c4ccccc4)cc3-c3ccccc3)cc2)cc1. The second-order valence-electron chi connectivity index (χ2n) is 12.2. The fourth-order valence-electron chi connectivity index (χ4n) is 6.73. The van der Waals surface area contributed by atoms with E-state index in [0.29, 0.717) is 11.5 Å². The average molecular weight is 630 g/mol. The maximum atomic E-state index is 6.65. The van der Waals surface area contributed by atoms with Crippen LogP contribution in [0.5, 0.6) is 23.0 Å². The monoisotopic (exact) mass is 629 g/mol. The summed E-state index contributed by atoms with van der Waals surface area (Å²) >= 11 is 0. The van der Waals surface area contributed by atoms with Crippen molar-refractivity contribution in [1.29, 1.82) is 0 Å². The van der Waals surface area contributed by atoms with Crippen LogP contribution in [0.25, 0.3) is 44.2 Å². The summed E-state index contributed by atoms with van der Waals surface area (Å²) in [5, 5.41) is 2.05. The van der Waals surface area contributed by atoms with Crippen molar-refractivity contribution in [3.05, 3.63) is 188 Å². The molecule has 1 aliphatic rings. The molecular weight excluding hydrogens is 599 g/mol. The molecule has 1 heterocycles. The van der Waals surface area contributed by atoms with Gasteiger partial charge in [-0.15, -0.1) is 0 Å². The molecule has 49 heavy (non-hydrogen) atoms. The smallest absolute Gasteiger partial charge is 0.172 e. The van der Waals surface area contributed by atoms with Gasteiger partial charge in [-0.2, -0.15) is 0 Å². The molecule has 0 aliphatic carbocycles. The molecule has 3 heteroatoms. The molecule has 8 aromatic rings. The van der Waals surface area contributed by atoms with Crippen LogP contribution in [0.4, 0.5) is 17.1 Å². The van der Waals surface area contributed by atoms with E-state index in [0.717, 1.165) is 61.6 Å². The number of nitrogens with zero attached hydrogens (tertiary/aromatic N) is 1. The number of hydrogen-bond acceptors (Lipinski definition) is 3. The third-order valence-electron chi connectivity index (χ3n) is 9.12. The molecule has 0 bridgehead atoms. The van der Waals surface area contributed by atoms with Gasteiger partial charge in [-0.05, 0) is 81.7 Å². The van der Waals surface area contributed by atoms with E-state index in [-0.39, 0.29) is 0 Å². The Labute approximate surface area is 285 Å². The number of benzene rings is 8. The van der Waals surface area contributed by atoms with Crippen LogP contribution in [0.15, 0.2) is 188 Å². The van der Waals surface area contributed by atoms with Gasteiger partial charge in [0, 0.05) is 17.3 Å². The Hall–Kier alpha value is -6.58. The van der Waals surface area contributed by atoms with E-state index in [4.69, 9.17) is 9.47 Å². The zero-order chi connectivity index (χ0) is 32.6. The third-order valence-corrected chi connectivity index (χ3v) is 9.12. The highest BCUT2D eigenvalue weighted by molar-refractivity contribution is 5.95. The fraction of sp³-hybridized carbons (Fsp3) is 0. The molecule has 0 fully saturated rings. The minimum atomic E-state index is 0.661. The van der Waals surface area contributed by atoms with Crippen LogP contribution < -0.4 is 14.4 Å². The zero-order valence-corrected chi connectivity index (χ0v) is 26.7. The molecule has 8 aromatic carbocycles. The van der Waals surface area contributed by atoms with Crippen LogP contribution in [-0.4, -0.2) is 0 Å². The average Bonchev–Trinajstić information content (AvgIpc) is 3.34. The van der Waals surface area contributed by atoms with E-state index in [9.17, 15) is 0 Å². The van der Waals surface area contributed by atoms with Gasteiger partial charge in [0.1, 0.15) is 11.5 Å². The predicted molar refractivity (Wildman–Crippen MR) is 202 cm³/mol. The predicted octanol–water partition coefficient (Wildman–Crippen LogP) is 13.2. The van der Waals surface area contributed by atoms with Crippen LogP contribution in [0.2, 0.25) is 0 Å². The second kappa shape index (κ2) is 12.2. The molecule has 0 spiro atoms. The van der Waals surface area contributed by atoms with Gasteiger partial charge in [-0.3, -0.25) is 0 Å². The van der Waals surface area contributed by atoms with Crippen molar-refractivity contribution in [1.82, 2.24) is 0 Å². The van der Waals surface area contributed by atoms with Crippen LogP contribution in [0, 0.1) is 0 Å². The molecule has 232 valence electrons. The first-order chi connectivity index (χ1) is 24.3. The van der Waals surface area contributed by atoms with E-state index < -0.39 is 0 Å². The lowest BCUT2D eigenvalue weighted by Crippen LogP contribution is -2.11. The first-order valence-electron chi connectivity index (χ1n) is 16.5. The quantitative estimate of drug-likeness (QED) is 0.183. The standard InChI is InChI=1S/C46H31NO2/c1-4-12-32(13-5-1)34-22-25-38(26-23-34)47(41-28-24-37(33-14-6-2-7-15-33)30-40(41)35-16-8-3-9-17-35)39-27-29-42-45(31-39)49-44-21-11-19-36-18-10-20-43(48-42)46(36)44/h1-31H. The summed E-state index contributed by atoms with van der Waals surface area (Å²) in [5.41, 5.74) is 9.98. The summed E-state index contributed by atoms with van der Waals surface area (Å²) in [7, 11) is 0. The first kappa shape index (κ1) is 28.6. The maximum Gasteiger partial charge on any atom is 0.172 e. The van der Waals surface area contributed by atoms with Crippen molar-refractivity contribution in [2.45, 2.75) is 0 Å². The normalized spacial score (nSPS) is 11.6. The van der Waals surface area contributed by atoms with Gasteiger partial charge in [0.2, 0.25) is 0 Å². The van der Waals surface area contributed by atoms with E-state index in [1.807, 2.05) is 36.4 Å². The van der Waals surface area contributed by atoms with Crippen molar-refractivity contribution in [2.24, 2.45) is 0 Å². The van der Waals surface area contributed by atoms with Gasteiger partial charge in [0.15, 0.2) is 11.5 Å². The maximum absolute atomic E-state index is 6.65. The lowest BCUT2D eigenvalue weighted by molar-refractivity contribution is 0.439. The van der Waals surface area contributed by atoms with Crippen LogP contribution in [-0.2, 0) is 0 Å². The summed E-state index contributed by atoms with van der Waals surface area (Å²) in [5.74, 6) is 2.90. The summed E-state index contributed by atoms with van der Waals surface area (Å²) in [6.45, 7) is 0. The van der Waals surface area contributed by atoms with Gasteiger partial charge in [-0.25, -0.2) is 0 Å². The Morgan fingerprint density at radius 1 is 0.327 bits per heavy atom. The zero-order valence-electron chi connectivity index (χ0n) is 26.7.